The third-order valence-electron chi connectivity index (χ3n) is 3.65. The summed E-state index contributed by atoms with van der Waals surface area (Å²) in [5, 5.41) is 16.0. The van der Waals surface area contributed by atoms with Crippen molar-refractivity contribution >= 4 is 57.5 Å². The quantitative estimate of drug-likeness (QED) is 0.297. The third kappa shape index (κ3) is 6.18. The van der Waals surface area contributed by atoms with Crippen LogP contribution >= 0.6 is 23.1 Å². The number of thioether (sulfide) groups is 1. The fourth-order valence-corrected chi connectivity index (χ4v) is 3.59. The van der Waals surface area contributed by atoms with Gasteiger partial charge in [0, 0.05) is 12.5 Å². The number of rotatable bonds is 7. The van der Waals surface area contributed by atoms with E-state index in [0.29, 0.717) is 10.1 Å². The van der Waals surface area contributed by atoms with Crippen LogP contribution in [0, 0.1) is 12.7 Å². The number of H-pyrrole nitrogens is 1. The predicted molar refractivity (Wildman–Crippen MR) is 118 cm³/mol. The molecule has 0 fully saturated rings. The van der Waals surface area contributed by atoms with Gasteiger partial charge in [0.05, 0.1) is 5.75 Å². The zero-order valence-electron chi connectivity index (χ0n) is 16.7. The molecule has 32 heavy (non-hydrogen) atoms. The van der Waals surface area contributed by atoms with Gasteiger partial charge in [-0.25, -0.2) is 9.37 Å². The molecule has 0 aliphatic carbocycles. The van der Waals surface area contributed by atoms with Gasteiger partial charge in [0.25, 0.3) is 11.5 Å². The molecule has 0 saturated heterocycles. The Hall–Kier alpha value is -3.65. The molecule has 2 aromatic heterocycles. The molecule has 2 heterocycles. The maximum Gasteiger partial charge on any atom is 0.277 e. The van der Waals surface area contributed by atoms with Crippen LogP contribution in [0.5, 0.6) is 0 Å². The Labute approximate surface area is 188 Å². The molecule has 3 rings (SSSR count). The highest BCUT2D eigenvalue weighted by Crippen LogP contribution is 2.21. The number of anilines is 3. The molecule has 0 aliphatic heterocycles. The first-order chi connectivity index (χ1) is 15.2. The van der Waals surface area contributed by atoms with Crippen LogP contribution in [0.4, 0.5) is 21.0 Å². The van der Waals surface area contributed by atoms with E-state index in [-0.39, 0.29) is 28.0 Å². The first-order valence-electron chi connectivity index (χ1n) is 8.93. The van der Waals surface area contributed by atoms with E-state index >= 15 is 0 Å². The lowest BCUT2D eigenvalue weighted by atomic mass is 10.2. The van der Waals surface area contributed by atoms with Crippen LogP contribution in [0.3, 0.4) is 0 Å². The number of benzene rings is 1. The normalized spacial score (nSPS) is 10.5. The lowest BCUT2D eigenvalue weighted by Gasteiger charge is -2.11. The minimum absolute atomic E-state index is 0.0436. The molecule has 4 N–H and O–H groups in total. The van der Waals surface area contributed by atoms with Crippen LogP contribution < -0.4 is 21.5 Å². The van der Waals surface area contributed by atoms with E-state index in [0.717, 1.165) is 23.9 Å². The summed E-state index contributed by atoms with van der Waals surface area (Å²) in [6, 6.07) is 4.68. The van der Waals surface area contributed by atoms with Gasteiger partial charge in [-0.1, -0.05) is 23.1 Å². The summed E-state index contributed by atoms with van der Waals surface area (Å²) in [4.78, 5) is 55.1. The van der Waals surface area contributed by atoms with E-state index < -0.39 is 29.1 Å². The first-order valence-corrected chi connectivity index (χ1v) is 10.7. The van der Waals surface area contributed by atoms with Gasteiger partial charge in [-0.3, -0.25) is 29.5 Å². The van der Waals surface area contributed by atoms with Gasteiger partial charge in [0.2, 0.25) is 16.9 Å². The SMILES string of the molecule is CC(=O)Nc1nc(SCC(=O)Nc2nnc(C)s2)[nH]c(=O)c1NC(=O)c1ccc(F)cc1. The summed E-state index contributed by atoms with van der Waals surface area (Å²) in [6.07, 6.45) is 0. The standard InChI is InChI=1S/C18H16FN7O4S2/c1-8(27)20-14-13(22-15(29)10-3-5-11(19)6-4-10)16(30)24-17(23-14)31-7-12(28)21-18-26-25-9(2)32-18/h3-6H,7H2,1-2H3,(H,22,29)(H,21,26,28)(H2,20,23,24,27,30). The number of aromatic nitrogens is 4. The van der Waals surface area contributed by atoms with Crippen LogP contribution in [0.25, 0.3) is 0 Å². The number of amides is 3. The van der Waals surface area contributed by atoms with Gasteiger partial charge >= 0.3 is 0 Å². The van der Waals surface area contributed by atoms with Crippen molar-refractivity contribution in [2.75, 3.05) is 21.7 Å². The molecular weight excluding hydrogens is 461 g/mol. The van der Waals surface area contributed by atoms with Gasteiger partial charge in [0.15, 0.2) is 16.7 Å². The summed E-state index contributed by atoms with van der Waals surface area (Å²) in [5.41, 5.74) is -0.948. The molecule has 1 aromatic carbocycles. The predicted octanol–water partition coefficient (Wildman–Crippen LogP) is 2.01. The number of halogens is 1. The van der Waals surface area contributed by atoms with Crippen LogP contribution in [-0.2, 0) is 9.59 Å². The fourth-order valence-electron chi connectivity index (χ4n) is 2.32. The lowest BCUT2D eigenvalue weighted by molar-refractivity contribution is -0.114. The number of nitrogens with zero attached hydrogens (tertiary/aromatic N) is 3. The molecule has 0 bridgehead atoms. The van der Waals surface area contributed by atoms with Crippen molar-refractivity contribution in [3.63, 3.8) is 0 Å². The van der Waals surface area contributed by atoms with Gasteiger partial charge in [-0.15, -0.1) is 10.2 Å². The highest BCUT2D eigenvalue weighted by Gasteiger charge is 2.18. The van der Waals surface area contributed by atoms with Crippen molar-refractivity contribution in [1.29, 1.82) is 0 Å². The Morgan fingerprint density at radius 2 is 1.84 bits per heavy atom. The molecule has 11 nitrogen and oxygen atoms in total. The third-order valence-corrected chi connectivity index (χ3v) is 5.28. The number of carbonyl (C=O) groups is 3. The number of carbonyl (C=O) groups excluding carboxylic acids is 3. The second kappa shape index (κ2) is 10.1. The molecule has 3 aromatic rings. The van der Waals surface area contributed by atoms with E-state index in [2.05, 4.69) is 36.1 Å². The molecular formula is C18H16FN7O4S2. The average molecular weight is 478 g/mol. The maximum atomic E-state index is 13.1. The van der Waals surface area contributed by atoms with E-state index in [9.17, 15) is 23.6 Å². The van der Waals surface area contributed by atoms with Gasteiger partial charge in [-0.2, -0.15) is 0 Å². The second-order valence-electron chi connectivity index (χ2n) is 6.20. The largest absolute Gasteiger partial charge is 0.314 e. The molecule has 0 saturated carbocycles. The summed E-state index contributed by atoms with van der Waals surface area (Å²) in [7, 11) is 0. The average Bonchev–Trinajstić information content (AvgIpc) is 3.13. The van der Waals surface area contributed by atoms with E-state index in [1.165, 1.54) is 30.4 Å². The summed E-state index contributed by atoms with van der Waals surface area (Å²) in [5.74, 6) is -2.45. The monoisotopic (exact) mass is 477 g/mol. The highest BCUT2D eigenvalue weighted by molar-refractivity contribution is 7.99. The van der Waals surface area contributed by atoms with Gasteiger partial charge in [0.1, 0.15) is 10.8 Å². The van der Waals surface area contributed by atoms with Crippen LogP contribution in [0.2, 0.25) is 0 Å². The molecule has 0 aliphatic rings. The van der Waals surface area contributed by atoms with Crippen LogP contribution in [-0.4, -0.2) is 43.6 Å². The molecule has 0 spiro atoms. The number of nitrogens with one attached hydrogen (secondary N) is 4. The zero-order chi connectivity index (χ0) is 23.3. The Morgan fingerprint density at radius 3 is 2.47 bits per heavy atom. The number of hydrogen-bond donors (Lipinski definition) is 4. The van der Waals surface area contributed by atoms with E-state index in [1.807, 2.05) is 0 Å². The summed E-state index contributed by atoms with van der Waals surface area (Å²) >= 11 is 2.12. The molecule has 0 atom stereocenters. The minimum atomic E-state index is -0.748. The number of hydrogen-bond acceptors (Lipinski definition) is 9. The van der Waals surface area contributed by atoms with Crippen molar-refractivity contribution in [2.24, 2.45) is 0 Å². The Bertz CT molecular complexity index is 1230. The molecule has 14 heteroatoms. The number of aromatic amines is 1. The van der Waals surface area contributed by atoms with Crippen molar-refractivity contribution in [2.45, 2.75) is 19.0 Å². The summed E-state index contributed by atoms with van der Waals surface area (Å²) < 4.78 is 13.1. The van der Waals surface area contributed by atoms with Crippen LogP contribution in [0.15, 0.2) is 34.2 Å². The van der Waals surface area contributed by atoms with Crippen molar-refractivity contribution in [3.8, 4) is 0 Å². The smallest absolute Gasteiger partial charge is 0.277 e. The Kier molecular flexibility index (Phi) is 7.27. The molecule has 0 unspecified atom stereocenters. The van der Waals surface area contributed by atoms with Crippen molar-refractivity contribution in [3.05, 3.63) is 51.0 Å². The zero-order valence-corrected chi connectivity index (χ0v) is 18.3. The molecule has 166 valence electrons. The summed E-state index contributed by atoms with van der Waals surface area (Å²) in [6.45, 7) is 2.95. The number of aryl methyl sites for hydroxylation is 1. The van der Waals surface area contributed by atoms with Crippen LogP contribution in [0.1, 0.15) is 22.3 Å². The topological polar surface area (TPSA) is 159 Å². The minimum Gasteiger partial charge on any atom is -0.314 e. The van der Waals surface area contributed by atoms with Crippen molar-refractivity contribution in [1.82, 2.24) is 20.2 Å². The molecule has 3 amide bonds. The van der Waals surface area contributed by atoms with Gasteiger partial charge < -0.3 is 10.6 Å². The van der Waals surface area contributed by atoms with E-state index in [1.54, 1.807) is 6.92 Å². The second-order valence-corrected chi connectivity index (χ2v) is 8.35. The Balaban J connectivity index is 1.76. The van der Waals surface area contributed by atoms with Gasteiger partial charge in [-0.05, 0) is 31.2 Å². The fraction of sp³-hybridized carbons (Fsp3) is 0.167. The maximum absolute atomic E-state index is 13.1. The first kappa shape index (κ1) is 23.0. The highest BCUT2D eigenvalue weighted by atomic mass is 32.2. The Morgan fingerprint density at radius 1 is 1.12 bits per heavy atom. The molecule has 0 radical (unpaired) electrons. The lowest BCUT2D eigenvalue weighted by Crippen LogP contribution is -2.24. The van der Waals surface area contributed by atoms with Crippen molar-refractivity contribution < 1.29 is 18.8 Å². The van der Waals surface area contributed by atoms with E-state index in [4.69, 9.17) is 0 Å².